The normalized spacial score (nSPS) is 10.4. The number of nitrogens with zero attached hydrogens (tertiary/aromatic N) is 1. The monoisotopic (exact) mass is 307 g/mol. The molecule has 4 nitrogen and oxygen atoms in total. The summed E-state index contributed by atoms with van der Waals surface area (Å²) in [6.45, 7) is 4.28. The fourth-order valence-electron chi connectivity index (χ4n) is 1.76. The van der Waals surface area contributed by atoms with Gasteiger partial charge in [0.15, 0.2) is 0 Å². The molecule has 0 spiro atoms. The van der Waals surface area contributed by atoms with Crippen molar-refractivity contribution in [1.82, 2.24) is 9.97 Å². The molecule has 0 aliphatic rings. The molecule has 94 valence electrons. The van der Waals surface area contributed by atoms with Gasteiger partial charge in [-0.2, -0.15) is 0 Å². The minimum atomic E-state index is -0.0443. The molecule has 2 heterocycles. The summed E-state index contributed by atoms with van der Waals surface area (Å²) in [5.74, 6) is 0.748. The van der Waals surface area contributed by atoms with E-state index in [0.29, 0.717) is 6.54 Å². The molecule has 0 fully saturated rings. The molecule has 0 atom stereocenters. The van der Waals surface area contributed by atoms with Crippen molar-refractivity contribution in [2.75, 3.05) is 5.32 Å². The number of halogens is 1. The first-order valence-electron chi connectivity index (χ1n) is 5.61. The Labute approximate surface area is 114 Å². The Hall–Kier alpha value is -1.62. The molecule has 2 aromatic rings. The molecule has 2 rings (SSSR count). The molecule has 0 aliphatic carbocycles. The number of nitrogens with one attached hydrogen (secondary N) is 2. The van der Waals surface area contributed by atoms with Gasteiger partial charge in [0, 0.05) is 28.5 Å². The number of rotatable bonds is 3. The first kappa shape index (κ1) is 12.8. The van der Waals surface area contributed by atoms with Gasteiger partial charge in [0.1, 0.15) is 5.82 Å². The molecule has 0 aliphatic heterocycles. The van der Waals surface area contributed by atoms with E-state index in [0.717, 1.165) is 27.1 Å². The first-order chi connectivity index (χ1) is 8.56. The lowest BCUT2D eigenvalue weighted by Crippen LogP contribution is -2.18. The summed E-state index contributed by atoms with van der Waals surface area (Å²) in [5.41, 5.74) is 2.56. The van der Waals surface area contributed by atoms with E-state index in [1.54, 1.807) is 6.20 Å². The van der Waals surface area contributed by atoms with Crippen molar-refractivity contribution in [2.24, 2.45) is 0 Å². The maximum absolute atomic E-state index is 11.8. The molecule has 2 N–H and O–H groups in total. The van der Waals surface area contributed by atoms with Crippen molar-refractivity contribution >= 4 is 21.7 Å². The summed E-state index contributed by atoms with van der Waals surface area (Å²) in [5, 5.41) is 3.14. The van der Waals surface area contributed by atoms with Gasteiger partial charge in [-0.1, -0.05) is 0 Å². The number of pyridine rings is 2. The minimum absolute atomic E-state index is 0.0443. The molecule has 0 radical (unpaired) electrons. The molecule has 0 amide bonds. The Bertz CT molecular complexity index is 605. The van der Waals surface area contributed by atoms with Crippen molar-refractivity contribution < 1.29 is 0 Å². The summed E-state index contributed by atoms with van der Waals surface area (Å²) in [4.78, 5) is 18.8. The maximum Gasteiger partial charge on any atom is 0.253 e. The second-order valence-corrected chi connectivity index (χ2v) is 5.07. The fraction of sp³-hybridized carbons (Fsp3) is 0.231. The number of aryl methyl sites for hydroxylation is 2. The zero-order valence-electron chi connectivity index (χ0n) is 10.2. The zero-order valence-corrected chi connectivity index (χ0v) is 11.8. The zero-order chi connectivity index (χ0) is 13.1. The van der Waals surface area contributed by atoms with Crippen LogP contribution in [0.2, 0.25) is 0 Å². The molecule has 5 heteroatoms. The van der Waals surface area contributed by atoms with E-state index in [2.05, 4.69) is 31.2 Å². The predicted molar refractivity (Wildman–Crippen MR) is 75.8 cm³/mol. The Morgan fingerprint density at radius 3 is 2.78 bits per heavy atom. The lowest BCUT2D eigenvalue weighted by atomic mass is 10.1. The van der Waals surface area contributed by atoms with Crippen LogP contribution in [0.4, 0.5) is 5.82 Å². The van der Waals surface area contributed by atoms with E-state index in [1.807, 2.05) is 32.0 Å². The quantitative estimate of drug-likeness (QED) is 0.916. The Kier molecular flexibility index (Phi) is 3.81. The standard InChI is InChI=1S/C13H14BrN3O/c1-8-5-9(2)17-13(18)11(8)7-16-12-4-3-10(14)6-15-12/h3-6H,7H2,1-2H3,(H,15,16)(H,17,18). The van der Waals surface area contributed by atoms with E-state index in [9.17, 15) is 4.79 Å². The topological polar surface area (TPSA) is 57.8 Å². The van der Waals surface area contributed by atoms with Crippen LogP contribution in [-0.2, 0) is 6.54 Å². The molecule has 0 saturated carbocycles. The van der Waals surface area contributed by atoms with Crippen molar-refractivity contribution in [1.29, 1.82) is 0 Å². The van der Waals surface area contributed by atoms with Gasteiger partial charge in [0.25, 0.3) is 5.56 Å². The Morgan fingerprint density at radius 2 is 2.17 bits per heavy atom. The van der Waals surface area contributed by atoms with E-state index in [-0.39, 0.29) is 5.56 Å². The number of aromatic nitrogens is 2. The number of H-pyrrole nitrogens is 1. The number of anilines is 1. The summed E-state index contributed by atoms with van der Waals surface area (Å²) in [6.07, 6.45) is 1.72. The SMILES string of the molecule is Cc1cc(C)c(CNc2ccc(Br)cn2)c(=O)[nH]1. The molecule has 2 aromatic heterocycles. The van der Waals surface area contributed by atoms with Gasteiger partial charge in [0.05, 0.1) is 0 Å². The average molecular weight is 308 g/mol. The number of hydrogen-bond donors (Lipinski definition) is 2. The van der Waals surface area contributed by atoms with Gasteiger partial charge in [-0.05, 0) is 53.5 Å². The third kappa shape index (κ3) is 2.98. The number of aromatic amines is 1. The van der Waals surface area contributed by atoms with Gasteiger partial charge in [-0.3, -0.25) is 4.79 Å². The highest BCUT2D eigenvalue weighted by Gasteiger charge is 2.05. The third-order valence-electron chi connectivity index (χ3n) is 2.67. The summed E-state index contributed by atoms with van der Waals surface area (Å²) >= 11 is 3.33. The van der Waals surface area contributed by atoms with Crippen LogP contribution in [0.15, 0.2) is 33.7 Å². The molecular weight excluding hydrogens is 294 g/mol. The van der Waals surface area contributed by atoms with Crippen molar-refractivity contribution in [3.8, 4) is 0 Å². The smallest absolute Gasteiger partial charge is 0.253 e. The van der Waals surface area contributed by atoms with Crippen LogP contribution >= 0.6 is 15.9 Å². The van der Waals surface area contributed by atoms with Crippen LogP contribution in [0.1, 0.15) is 16.8 Å². The van der Waals surface area contributed by atoms with Crippen LogP contribution in [-0.4, -0.2) is 9.97 Å². The van der Waals surface area contributed by atoms with Crippen LogP contribution < -0.4 is 10.9 Å². The van der Waals surface area contributed by atoms with E-state index < -0.39 is 0 Å². The Balaban J connectivity index is 2.16. The fourth-order valence-corrected chi connectivity index (χ4v) is 2.00. The van der Waals surface area contributed by atoms with E-state index in [1.165, 1.54) is 0 Å². The van der Waals surface area contributed by atoms with Gasteiger partial charge >= 0.3 is 0 Å². The largest absolute Gasteiger partial charge is 0.366 e. The van der Waals surface area contributed by atoms with Gasteiger partial charge < -0.3 is 10.3 Å². The summed E-state index contributed by atoms with van der Waals surface area (Å²) in [6, 6.07) is 5.73. The van der Waals surface area contributed by atoms with Crippen molar-refractivity contribution in [3.63, 3.8) is 0 Å². The Morgan fingerprint density at radius 1 is 1.39 bits per heavy atom. The first-order valence-corrected chi connectivity index (χ1v) is 6.40. The summed E-state index contributed by atoms with van der Waals surface area (Å²) < 4.78 is 0.928. The van der Waals surface area contributed by atoms with Crippen LogP contribution in [0.25, 0.3) is 0 Å². The van der Waals surface area contributed by atoms with Gasteiger partial charge in [-0.25, -0.2) is 4.98 Å². The molecular formula is C13H14BrN3O. The van der Waals surface area contributed by atoms with Gasteiger partial charge in [-0.15, -0.1) is 0 Å². The van der Waals surface area contributed by atoms with Crippen molar-refractivity contribution in [2.45, 2.75) is 20.4 Å². The molecule has 0 bridgehead atoms. The van der Waals surface area contributed by atoms with Crippen molar-refractivity contribution in [3.05, 3.63) is 56.0 Å². The molecule has 18 heavy (non-hydrogen) atoms. The second-order valence-electron chi connectivity index (χ2n) is 4.16. The van der Waals surface area contributed by atoms with Crippen LogP contribution in [0, 0.1) is 13.8 Å². The predicted octanol–water partition coefficient (Wildman–Crippen LogP) is 2.76. The minimum Gasteiger partial charge on any atom is -0.366 e. The molecule has 0 saturated heterocycles. The van der Waals surface area contributed by atoms with Crippen LogP contribution in [0.3, 0.4) is 0 Å². The van der Waals surface area contributed by atoms with E-state index in [4.69, 9.17) is 0 Å². The highest BCUT2D eigenvalue weighted by atomic mass is 79.9. The molecule has 0 unspecified atom stereocenters. The average Bonchev–Trinajstić information content (AvgIpc) is 2.30. The van der Waals surface area contributed by atoms with Gasteiger partial charge in [0.2, 0.25) is 0 Å². The summed E-state index contributed by atoms with van der Waals surface area (Å²) in [7, 11) is 0. The third-order valence-corrected chi connectivity index (χ3v) is 3.14. The highest BCUT2D eigenvalue weighted by molar-refractivity contribution is 9.10. The van der Waals surface area contributed by atoms with E-state index >= 15 is 0 Å². The molecule has 0 aromatic carbocycles. The lowest BCUT2D eigenvalue weighted by Gasteiger charge is -2.08. The lowest BCUT2D eigenvalue weighted by molar-refractivity contribution is 1.00. The highest BCUT2D eigenvalue weighted by Crippen LogP contribution is 2.12. The van der Waals surface area contributed by atoms with Crippen LogP contribution in [0.5, 0.6) is 0 Å². The maximum atomic E-state index is 11.8. The second kappa shape index (κ2) is 5.35. The number of hydrogen-bond acceptors (Lipinski definition) is 3.